The Morgan fingerprint density at radius 2 is 2.42 bits per heavy atom. The SMILES string of the molecule is CCC1(C(=O)O)CCCN(C(C)c2csc(Cl)c2)C1. The predicted molar refractivity (Wildman–Crippen MR) is 78.9 cm³/mol. The smallest absolute Gasteiger partial charge is 0.310 e. The van der Waals surface area contributed by atoms with Gasteiger partial charge >= 0.3 is 5.97 Å². The molecule has 1 saturated heterocycles. The Balaban J connectivity index is 2.15. The van der Waals surface area contributed by atoms with E-state index in [1.807, 2.05) is 13.0 Å². The number of carboxylic acid groups (broad SMARTS) is 1. The molecule has 1 fully saturated rings. The number of halogens is 1. The number of thiophene rings is 1. The Bertz CT molecular complexity index is 462. The Labute approximate surface area is 123 Å². The lowest BCUT2D eigenvalue weighted by molar-refractivity contribution is -0.153. The number of hydrogen-bond acceptors (Lipinski definition) is 3. The van der Waals surface area contributed by atoms with E-state index >= 15 is 0 Å². The number of hydrogen-bond donors (Lipinski definition) is 1. The lowest BCUT2D eigenvalue weighted by atomic mass is 9.77. The molecule has 0 amide bonds. The standard InChI is InChI=1S/C14H20ClNO2S/c1-3-14(13(17)18)5-4-6-16(9-14)10(2)11-7-12(15)19-8-11/h7-8,10H,3-6,9H2,1-2H3,(H,17,18). The molecule has 3 nitrogen and oxygen atoms in total. The van der Waals surface area contributed by atoms with E-state index in [0.717, 1.165) is 23.7 Å². The van der Waals surface area contributed by atoms with Crippen LogP contribution in [0, 0.1) is 5.41 Å². The summed E-state index contributed by atoms with van der Waals surface area (Å²) in [4.78, 5) is 13.8. The Morgan fingerprint density at radius 3 is 2.95 bits per heavy atom. The van der Waals surface area contributed by atoms with Crippen molar-refractivity contribution in [2.45, 2.75) is 39.2 Å². The average molecular weight is 302 g/mol. The second-order valence-electron chi connectivity index (χ2n) is 5.37. The molecule has 2 heterocycles. The first-order valence-corrected chi connectivity index (χ1v) is 7.95. The molecule has 0 radical (unpaired) electrons. The van der Waals surface area contributed by atoms with Gasteiger partial charge in [-0.3, -0.25) is 9.69 Å². The van der Waals surface area contributed by atoms with Crippen LogP contribution in [0.5, 0.6) is 0 Å². The van der Waals surface area contributed by atoms with Gasteiger partial charge in [-0.25, -0.2) is 0 Å². The fourth-order valence-corrected chi connectivity index (χ4v) is 3.84. The summed E-state index contributed by atoms with van der Waals surface area (Å²) in [6, 6.07) is 2.22. The van der Waals surface area contributed by atoms with Crippen LogP contribution in [-0.4, -0.2) is 29.1 Å². The van der Waals surface area contributed by atoms with Crippen molar-refractivity contribution in [3.63, 3.8) is 0 Å². The van der Waals surface area contributed by atoms with E-state index in [1.54, 1.807) is 0 Å². The first-order chi connectivity index (χ1) is 8.98. The number of aliphatic carboxylic acids is 1. The summed E-state index contributed by atoms with van der Waals surface area (Å²) in [7, 11) is 0. The number of carboxylic acids is 1. The lowest BCUT2D eigenvalue weighted by Gasteiger charge is -2.42. The summed E-state index contributed by atoms with van der Waals surface area (Å²) in [5.41, 5.74) is 0.610. The van der Waals surface area contributed by atoms with Crippen LogP contribution in [0.4, 0.5) is 0 Å². The van der Waals surface area contributed by atoms with E-state index in [4.69, 9.17) is 11.6 Å². The zero-order valence-electron chi connectivity index (χ0n) is 11.4. The Morgan fingerprint density at radius 1 is 1.68 bits per heavy atom. The highest BCUT2D eigenvalue weighted by atomic mass is 35.5. The maximum absolute atomic E-state index is 11.6. The van der Waals surface area contributed by atoms with Crippen LogP contribution in [0.1, 0.15) is 44.7 Å². The molecule has 0 aromatic carbocycles. The number of nitrogens with zero attached hydrogens (tertiary/aromatic N) is 1. The van der Waals surface area contributed by atoms with Gasteiger partial charge in [-0.2, -0.15) is 0 Å². The maximum Gasteiger partial charge on any atom is 0.310 e. The second kappa shape index (κ2) is 5.81. The highest BCUT2D eigenvalue weighted by molar-refractivity contribution is 7.14. The minimum absolute atomic E-state index is 0.231. The molecule has 0 aliphatic carbocycles. The maximum atomic E-state index is 11.6. The van der Waals surface area contributed by atoms with Crippen LogP contribution in [0.25, 0.3) is 0 Å². The summed E-state index contributed by atoms with van der Waals surface area (Å²) >= 11 is 7.51. The van der Waals surface area contributed by atoms with Crippen molar-refractivity contribution in [3.8, 4) is 0 Å². The summed E-state index contributed by atoms with van der Waals surface area (Å²) in [5.74, 6) is -0.657. The number of piperidine rings is 1. The van der Waals surface area contributed by atoms with E-state index in [1.165, 1.54) is 16.9 Å². The molecule has 106 valence electrons. The first-order valence-electron chi connectivity index (χ1n) is 6.70. The molecule has 1 aromatic heterocycles. The van der Waals surface area contributed by atoms with Gasteiger partial charge in [-0.15, -0.1) is 11.3 Å². The predicted octanol–water partition coefficient (Wildman–Crippen LogP) is 4.04. The minimum atomic E-state index is -0.657. The zero-order valence-corrected chi connectivity index (χ0v) is 12.9. The van der Waals surface area contributed by atoms with Crippen LogP contribution >= 0.6 is 22.9 Å². The molecule has 1 aliphatic rings. The highest BCUT2D eigenvalue weighted by Gasteiger charge is 2.41. The molecule has 0 saturated carbocycles. The van der Waals surface area contributed by atoms with Crippen LogP contribution in [0.15, 0.2) is 11.4 Å². The summed E-state index contributed by atoms with van der Waals surface area (Å²) in [6.45, 7) is 5.70. The van der Waals surface area contributed by atoms with Crippen molar-refractivity contribution in [3.05, 3.63) is 21.3 Å². The Hall–Kier alpha value is -0.580. The molecule has 0 spiro atoms. The molecule has 2 unspecified atom stereocenters. The molecule has 1 N–H and O–H groups in total. The van der Waals surface area contributed by atoms with Gasteiger partial charge in [0.05, 0.1) is 9.75 Å². The molecule has 1 aliphatic heterocycles. The fourth-order valence-electron chi connectivity index (χ4n) is 2.87. The van der Waals surface area contributed by atoms with Gasteiger partial charge in [0.15, 0.2) is 0 Å². The van der Waals surface area contributed by atoms with Gasteiger partial charge in [0, 0.05) is 12.6 Å². The van der Waals surface area contributed by atoms with E-state index in [2.05, 4.69) is 17.2 Å². The molecule has 0 bridgehead atoms. The molecule has 1 aromatic rings. The van der Waals surface area contributed by atoms with Gasteiger partial charge in [0.25, 0.3) is 0 Å². The molecule has 2 rings (SSSR count). The van der Waals surface area contributed by atoms with E-state index in [-0.39, 0.29) is 6.04 Å². The summed E-state index contributed by atoms with van der Waals surface area (Å²) < 4.78 is 0.791. The van der Waals surface area contributed by atoms with Gasteiger partial charge in [0.1, 0.15) is 0 Å². The Kier molecular flexibility index (Phi) is 4.54. The van der Waals surface area contributed by atoms with Crippen molar-refractivity contribution < 1.29 is 9.90 Å². The lowest BCUT2D eigenvalue weighted by Crippen LogP contribution is -2.48. The third kappa shape index (κ3) is 2.96. The van der Waals surface area contributed by atoms with Crippen LogP contribution in [0.3, 0.4) is 0 Å². The average Bonchev–Trinajstić information content (AvgIpc) is 2.84. The monoisotopic (exact) mass is 301 g/mol. The molecule has 5 heteroatoms. The quantitative estimate of drug-likeness (QED) is 0.912. The van der Waals surface area contributed by atoms with E-state index < -0.39 is 11.4 Å². The van der Waals surface area contributed by atoms with Gasteiger partial charge < -0.3 is 5.11 Å². The molecular weight excluding hydrogens is 282 g/mol. The summed E-state index contributed by atoms with van der Waals surface area (Å²) in [6.07, 6.45) is 2.42. The highest BCUT2D eigenvalue weighted by Crippen LogP contribution is 2.38. The number of carbonyl (C=O) groups is 1. The van der Waals surface area contributed by atoms with Crippen LogP contribution < -0.4 is 0 Å². The molecule has 2 atom stereocenters. The topological polar surface area (TPSA) is 40.5 Å². The largest absolute Gasteiger partial charge is 0.481 e. The van der Waals surface area contributed by atoms with Crippen molar-refractivity contribution in [1.82, 2.24) is 4.90 Å². The second-order valence-corrected chi connectivity index (χ2v) is 6.92. The molecule has 19 heavy (non-hydrogen) atoms. The first kappa shape index (κ1) is 14.8. The van der Waals surface area contributed by atoms with Crippen LogP contribution in [-0.2, 0) is 4.79 Å². The van der Waals surface area contributed by atoms with Gasteiger partial charge in [0.2, 0.25) is 0 Å². The zero-order chi connectivity index (χ0) is 14.0. The van der Waals surface area contributed by atoms with Gasteiger partial charge in [-0.1, -0.05) is 18.5 Å². The van der Waals surface area contributed by atoms with Crippen LogP contribution in [0.2, 0.25) is 4.34 Å². The van der Waals surface area contributed by atoms with Crippen molar-refractivity contribution in [1.29, 1.82) is 0 Å². The third-order valence-electron chi connectivity index (χ3n) is 4.35. The van der Waals surface area contributed by atoms with Crippen molar-refractivity contribution >= 4 is 28.9 Å². The third-order valence-corrected chi connectivity index (χ3v) is 5.46. The van der Waals surface area contributed by atoms with Crippen molar-refractivity contribution in [2.24, 2.45) is 5.41 Å². The molecular formula is C14H20ClNO2S. The van der Waals surface area contributed by atoms with E-state index in [0.29, 0.717) is 13.0 Å². The number of likely N-dealkylation sites (tertiary alicyclic amines) is 1. The fraction of sp³-hybridized carbons (Fsp3) is 0.643. The number of rotatable bonds is 4. The minimum Gasteiger partial charge on any atom is -0.481 e. The van der Waals surface area contributed by atoms with E-state index in [9.17, 15) is 9.90 Å². The van der Waals surface area contributed by atoms with Crippen molar-refractivity contribution in [2.75, 3.05) is 13.1 Å². The normalized spacial score (nSPS) is 26.3. The van der Waals surface area contributed by atoms with Gasteiger partial charge in [-0.05, 0) is 49.7 Å². The summed E-state index contributed by atoms with van der Waals surface area (Å²) in [5, 5.41) is 11.6.